The lowest BCUT2D eigenvalue weighted by molar-refractivity contribution is 0.0818. The van der Waals surface area contributed by atoms with Crippen LogP contribution in [0.15, 0.2) is 78.0 Å². The predicted octanol–water partition coefficient (Wildman–Crippen LogP) is 5.03. The number of oxime groups is 1. The summed E-state index contributed by atoms with van der Waals surface area (Å²) in [4.78, 5) is 33.2. The van der Waals surface area contributed by atoms with Crippen molar-refractivity contribution in [2.45, 2.75) is 39.0 Å². The molecule has 10 heteroatoms. The molecule has 3 heterocycles. The lowest BCUT2D eigenvalue weighted by atomic mass is 9.94. The van der Waals surface area contributed by atoms with Crippen LogP contribution in [0.3, 0.4) is 0 Å². The molecule has 2 aliphatic rings. The highest BCUT2D eigenvalue weighted by Gasteiger charge is 2.34. The molecule has 0 saturated carbocycles. The number of benzene rings is 3. The summed E-state index contributed by atoms with van der Waals surface area (Å²) in [6.07, 6.45) is 0.628. The van der Waals surface area contributed by atoms with Crippen molar-refractivity contribution in [3.8, 4) is 22.5 Å². The molecule has 1 aromatic heterocycles. The van der Waals surface area contributed by atoms with E-state index in [4.69, 9.17) is 9.57 Å². The third-order valence-electron chi connectivity index (χ3n) is 7.26. The number of aromatic nitrogens is 3. The molecule has 0 unspecified atom stereocenters. The van der Waals surface area contributed by atoms with Gasteiger partial charge in [-0.3, -0.25) is 4.79 Å². The van der Waals surface area contributed by atoms with Gasteiger partial charge in [0.15, 0.2) is 6.10 Å². The standard InChI is InChI=1S/C31H30N6O4/c1-3-16-37-29-23-8-4-5-9-24(23)30(38)36(27-11-7-6-10-25(27)28(29)33-35-37)18-22-17-26(34-41-22)21-14-12-20(13-15-21)19-40-31(39)32-2/h4-15,22H,3,16-19H2,1-2H3,(H,32,39)/t22-/m1/s1. The van der Waals surface area contributed by atoms with Gasteiger partial charge < -0.3 is 19.8 Å². The van der Waals surface area contributed by atoms with Gasteiger partial charge in [-0.25, -0.2) is 9.48 Å². The first kappa shape index (κ1) is 26.2. The van der Waals surface area contributed by atoms with Crippen LogP contribution in [0, 0.1) is 0 Å². The highest BCUT2D eigenvalue weighted by Crippen LogP contribution is 2.41. The zero-order valence-electron chi connectivity index (χ0n) is 22.9. The summed E-state index contributed by atoms with van der Waals surface area (Å²) >= 11 is 0. The molecule has 0 fully saturated rings. The Morgan fingerprint density at radius 1 is 1.02 bits per heavy atom. The zero-order valence-corrected chi connectivity index (χ0v) is 22.9. The van der Waals surface area contributed by atoms with Crippen molar-refractivity contribution in [2.24, 2.45) is 5.16 Å². The minimum atomic E-state index is -0.477. The number of ether oxygens (including phenoxy) is 1. The lowest BCUT2D eigenvalue weighted by Gasteiger charge is -2.29. The Bertz CT molecular complexity index is 1630. The maximum absolute atomic E-state index is 14.2. The smallest absolute Gasteiger partial charge is 0.407 e. The Hall–Kier alpha value is -4.99. The first-order valence-electron chi connectivity index (χ1n) is 13.7. The average molecular weight is 551 g/mol. The quantitative estimate of drug-likeness (QED) is 0.346. The highest BCUT2D eigenvalue weighted by molar-refractivity contribution is 6.14. The monoisotopic (exact) mass is 550 g/mol. The van der Waals surface area contributed by atoms with Gasteiger partial charge in [-0.2, -0.15) is 0 Å². The van der Waals surface area contributed by atoms with Crippen LogP contribution in [0.25, 0.3) is 22.5 Å². The first-order chi connectivity index (χ1) is 20.1. The van der Waals surface area contributed by atoms with Crippen LogP contribution in [-0.2, 0) is 22.7 Å². The van der Waals surface area contributed by atoms with E-state index < -0.39 is 6.09 Å². The predicted molar refractivity (Wildman–Crippen MR) is 155 cm³/mol. The summed E-state index contributed by atoms with van der Waals surface area (Å²) in [6.45, 7) is 3.29. The summed E-state index contributed by atoms with van der Waals surface area (Å²) in [7, 11) is 1.52. The summed E-state index contributed by atoms with van der Waals surface area (Å²) in [5, 5.41) is 15.8. The fourth-order valence-electron chi connectivity index (χ4n) is 5.27. The summed E-state index contributed by atoms with van der Waals surface area (Å²) in [6, 6.07) is 23.1. The van der Waals surface area contributed by atoms with E-state index in [9.17, 15) is 9.59 Å². The molecular weight excluding hydrogens is 520 g/mol. The first-order valence-corrected chi connectivity index (χ1v) is 13.7. The van der Waals surface area contributed by atoms with Crippen LogP contribution in [0.4, 0.5) is 10.5 Å². The van der Waals surface area contributed by atoms with Gasteiger partial charge in [0.2, 0.25) is 0 Å². The van der Waals surface area contributed by atoms with Crippen LogP contribution < -0.4 is 10.2 Å². The van der Waals surface area contributed by atoms with E-state index in [-0.39, 0.29) is 18.6 Å². The van der Waals surface area contributed by atoms with E-state index in [0.717, 1.165) is 51.5 Å². The number of nitrogens with one attached hydrogen (secondary N) is 1. The number of anilines is 1. The Labute approximate surface area is 237 Å². The summed E-state index contributed by atoms with van der Waals surface area (Å²) in [5.41, 5.74) is 7.20. The van der Waals surface area contributed by atoms with Crippen molar-refractivity contribution in [2.75, 3.05) is 18.5 Å². The number of amides is 2. The molecule has 6 rings (SSSR count). The molecular formula is C31H30N6O4. The van der Waals surface area contributed by atoms with Gasteiger partial charge in [-0.05, 0) is 29.7 Å². The van der Waals surface area contributed by atoms with Crippen molar-refractivity contribution in [1.29, 1.82) is 0 Å². The number of para-hydroxylation sites is 1. The normalized spacial score (nSPS) is 15.6. The minimum Gasteiger partial charge on any atom is -0.445 e. The number of fused-ring (bicyclic) bond motifs is 5. The molecule has 0 saturated heterocycles. The van der Waals surface area contributed by atoms with Crippen molar-refractivity contribution in [1.82, 2.24) is 20.3 Å². The molecule has 3 aromatic carbocycles. The number of hydrogen-bond donors (Lipinski definition) is 1. The topological polar surface area (TPSA) is 111 Å². The van der Waals surface area contributed by atoms with Crippen molar-refractivity contribution in [3.63, 3.8) is 0 Å². The molecule has 2 amide bonds. The van der Waals surface area contributed by atoms with Crippen LogP contribution in [0.5, 0.6) is 0 Å². The number of nitrogens with zero attached hydrogens (tertiary/aromatic N) is 5. The number of alkyl carbamates (subject to hydrolysis) is 1. The van der Waals surface area contributed by atoms with E-state index in [1.54, 1.807) is 4.90 Å². The second-order valence-corrected chi connectivity index (χ2v) is 9.98. The maximum atomic E-state index is 14.2. The van der Waals surface area contributed by atoms with Gasteiger partial charge in [0, 0.05) is 36.7 Å². The number of rotatable bonds is 7. The van der Waals surface area contributed by atoms with E-state index in [1.165, 1.54) is 7.05 Å². The molecule has 0 spiro atoms. The molecule has 0 radical (unpaired) electrons. The average Bonchev–Trinajstić information content (AvgIpc) is 3.65. The maximum Gasteiger partial charge on any atom is 0.407 e. The molecule has 0 aliphatic carbocycles. The molecule has 0 bridgehead atoms. The summed E-state index contributed by atoms with van der Waals surface area (Å²) < 4.78 is 7.00. The SMILES string of the molecule is CCCn1nnc2c1-c1ccccc1C(=O)N(C[C@H]1CC(c3ccc(COC(=O)NC)cc3)=NO1)c1ccccc1-2. The van der Waals surface area contributed by atoms with Crippen LogP contribution in [-0.4, -0.2) is 52.4 Å². The second kappa shape index (κ2) is 11.2. The van der Waals surface area contributed by atoms with Gasteiger partial charge in [0.25, 0.3) is 5.91 Å². The molecule has 1 N–H and O–H groups in total. The summed E-state index contributed by atoms with van der Waals surface area (Å²) in [5.74, 6) is -0.111. The van der Waals surface area contributed by atoms with E-state index in [1.807, 2.05) is 77.5 Å². The van der Waals surface area contributed by atoms with Gasteiger partial charge in [0.1, 0.15) is 12.3 Å². The third kappa shape index (κ3) is 5.04. The Kier molecular flexibility index (Phi) is 7.20. The van der Waals surface area contributed by atoms with Crippen LogP contribution in [0.1, 0.15) is 41.3 Å². The van der Waals surface area contributed by atoms with E-state index >= 15 is 0 Å². The molecule has 208 valence electrons. The van der Waals surface area contributed by atoms with Crippen molar-refractivity contribution in [3.05, 3.63) is 89.5 Å². The Morgan fingerprint density at radius 3 is 2.51 bits per heavy atom. The second-order valence-electron chi connectivity index (χ2n) is 9.98. The van der Waals surface area contributed by atoms with Gasteiger partial charge in [0.05, 0.1) is 23.6 Å². The van der Waals surface area contributed by atoms with Crippen LogP contribution in [0.2, 0.25) is 0 Å². The Balaban J connectivity index is 1.27. The third-order valence-corrected chi connectivity index (χ3v) is 7.26. The largest absolute Gasteiger partial charge is 0.445 e. The molecule has 10 nitrogen and oxygen atoms in total. The molecule has 2 aliphatic heterocycles. The number of carbonyl (C=O) groups is 2. The lowest BCUT2D eigenvalue weighted by Crippen LogP contribution is -2.39. The van der Waals surface area contributed by atoms with Gasteiger partial charge in [-0.1, -0.05) is 78.0 Å². The Morgan fingerprint density at radius 2 is 1.76 bits per heavy atom. The number of hydrogen-bond acceptors (Lipinski definition) is 7. The van der Waals surface area contributed by atoms with Gasteiger partial charge in [-0.15, -0.1) is 5.10 Å². The van der Waals surface area contributed by atoms with E-state index in [2.05, 4.69) is 27.7 Å². The molecule has 41 heavy (non-hydrogen) atoms. The molecule has 1 atom stereocenters. The number of carbonyl (C=O) groups excluding carboxylic acids is 2. The van der Waals surface area contributed by atoms with E-state index in [0.29, 0.717) is 25.1 Å². The fourth-order valence-corrected chi connectivity index (χ4v) is 5.27. The molecule has 4 aromatic rings. The minimum absolute atomic E-state index is 0.111. The van der Waals surface area contributed by atoms with Crippen molar-refractivity contribution < 1.29 is 19.2 Å². The van der Waals surface area contributed by atoms with Crippen molar-refractivity contribution >= 4 is 23.4 Å². The zero-order chi connectivity index (χ0) is 28.3. The fraction of sp³-hybridized carbons (Fsp3) is 0.258. The van der Waals surface area contributed by atoms with Crippen LogP contribution >= 0.6 is 0 Å². The van der Waals surface area contributed by atoms with Gasteiger partial charge >= 0.3 is 6.09 Å². The highest BCUT2D eigenvalue weighted by atomic mass is 16.6. The number of aryl methyl sites for hydroxylation is 1.